The van der Waals surface area contributed by atoms with Gasteiger partial charge in [-0.15, -0.1) is 0 Å². The lowest BCUT2D eigenvalue weighted by atomic mass is 10.2. The first-order chi connectivity index (χ1) is 11.9. The zero-order chi connectivity index (χ0) is 18.4. The summed E-state index contributed by atoms with van der Waals surface area (Å²) in [6.07, 6.45) is 2.19. The van der Waals surface area contributed by atoms with Gasteiger partial charge in [0.05, 0.1) is 0 Å². The molecule has 2 rings (SSSR count). The number of hydrogen-bond acceptors (Lipinski definition) is 6. The van der Waals surface area contributed by atoms with Crippen LogP contribution in [0.15, 0.2) is 48.5 Å². The maximum atomic E-state index is 12.3. The van der Waals surface area contributed by atoms with Crippen molar-refractivity contribution in [1.29, 1.82) is 0 Å². The number of rotatable bonds is 5. The molecule has 128 valence electrons. The second-order valence-electron chi connectivity index (χ2n) is 4.88. The monoisotopic (exact) mass is 342 g/mol. The molecule has 0 aliphatic carbocycles. The van der Waals surface area contributed by atoms with Crippen molar-refractivity contribution >= 4 is 24.0 Å². The van der Waals surface area contributed by atoms with E-state index in [2.05, 4.69) is 0 Å². The van der Waals surface area contributed by atoms with E-state index in [1.165, 1.54) is 43.3 Å². The molecule has 0 atom stereocenters. The Morgan fingerprint density at radius 1 is 1.00 bits per heavy atom. The first-order valence-corrected chi connectivity index (χ1v) is 7.10. The van der Waals surface area contributed by atoms with Gasteiger partial charge >= 0.3 is 17.9 Å². The van der Waals surface area contributed by atoms with E-state index >= 15 is 0 Å². The Bertz CT molecular complexity index is 852. The van der Waals surface area contributed by atoms with Crippen molar-refractivity contribution in [2.45, 2.75) is 6.92 Å². The van der Waals surface area contributed by atoms with Gasteiger partial charge in [-0.25, -0.2) is 9.59 Å². The van der Waals surface area contributed by atoms with Crippen LogP contribution in [0.25, 0.3) is 6.08 Å². The quantitative estimate of drug-likeness (QED) is 0.488. The molecule has 0 aliphatic rings. The predicted molar refractivity (Wildman–Crippen MR) is 87.5 cm³/mol. The normalized spacial score (nSPS) is 10.4. The van der Waals surface area contributed by atoms with Gasteiger partial charge in [0.2, 0.25) is 0 Å². The number of carboxylic acids is 1. The van der Waals surface area contributed by atoms with Crippen LogP contribution in [0.5, 0.6) is 17.2 Å². The highest BCUT2D eigenvalue weighted by Gasteiger charge is 2.17. The van der Waals surface area contributed by atoms with Gasteiger partial charge in [-0.05, 0) is 35.9 Å². The van der Waals surface area contributed by atoms with Crippen molar-refractivity contribution in [3.05, 3.63) is 59.7 Å². The van der Waals surface area contributed by atoms with E-state index < -0.39 is 17.9 Å². The molecule has 0 bridgehead atoms. The van der Waals surface area contributed by atoms with Crippen LogP contribution in [0.3, 0.4) is 0 Å². The fourth-order valence-electron chi connectivity index (χ4n) is 1.93. The maximum Gasteiger partial charge on any atom is 0.347 e. The first kappa shape index (κ1) is 17.7. The number of esters is 2. The summed E-state index contributed by atoms with van der Waals surface area (Å²) in [7, 11) is 0. The van der Waals surface area contributed by atoms with Crippen molar-refractivity contribution in [2.24, 2.45) is 0 Å². The minimum Gasteiger partial charge on any atom is -0.504 e. The van der Waals surface area contributed by atoms with E-state index in [0.717, 1.165) is 6.08 Å². The molecule has 2 N–H and O–H groups in total. The summed E-state index contributed by atoms with van der Waals surface area (Å²) < 4.78 is 10.1. The van der Waals surface area contributed by atoms with Gasteiger partial charge in [0.1, 0.15) is 11.3 Å². The Labute approximate surface area is 142 Å². The maximum absolute atomic E-state index is 12.3. The average Bonchev–Trinajstić information content (AvgIpc) is 2.55. The van der Waals surface area contributed by atoms with Crippen molar-refractivity contribution < 1.29 is 34.1 Å². The van der Waals surface area contributed by atoms with Crippen molar-refractivity contribution in [3.63, 3.8) is 0 Å². The van der Waals surface area contributed by atoms with Gasteiger partial charge < -0.3 is 19.7 Å². The molecule has 0 aromatic heterocycles. The van der Waals surface area contributed by atoms with E-state index in [1.54, 1.807) is 12.1 Å². The van der Waals surface area contributed by atoms with E-state index in [-0.39, 0.29) is 22.8 Å². The lowest BCUT2D eigenvalue weighted by molar-refractivity contribution is -0.132. The summed E-state index contributed by atoms with van der Waals surface area (Å²) >= 11 is 0. The third-order valence-electron chi connectivity index (χ3n) is 2.96. The molecule has 7 heteroatoms. The Balaban J connectivity index is 2.21. The van der Waals surface area contributed by atoms with Crippen LogP contribution in [0.1, 0.15) is 22.8 Å². The minimum atomic E-state index is -1.13. The third-order valence-corrected chi connectivity index (χ3v) is 2.96. The van der Waals surface area contributed by atoms with Crippen LogP contribution in [0, 0.1) is 0 Å². The molecule has 7 nitrogen and oxygen atoms in total. The van der Waals surface area contributed by atoms with Crippen molar-refractivity contribution in [1.82, 2.24) is 0 Å². The number of benzene rings is 2. The van der Waals surface area contributed by atoms with Gasteiger partial charge in [-0.1, -0.05) is 18.2 Å². The van der Waals surface area contributed by atoms with Crippen LogP contribution in [-0.2, 0) is 9.59 Å². The van der Waals surface area contributed by atoms with Gasteiger partial charge in [0.25, 0.3) is 0 Å². The van der Waals surface area contributed by atoms with Crippen LogP contribution in [-0.4, -0.2) is 28.1 Å². The summed E-state index contributed by atoms with van der Waals surface area (Å²) in [5, 5.41) is 18.5. The molecule has 25 heavy (non-hydrogen) atoms. The van der Waals surface area contributed by atoms with Crippen LogP contribution in [0.2, 0.25) is 0 Å². The van der Waals surface area contributed by atoms with Crippen LogP contribution >= 0.6 is 0 Å². The number of carbonyl (C=O) groups excluding carboxylic acids is 2. The summed E-state index contributed by atoms with van der Waals surface area (Å²) in [4.78, 5) is 33.8. The Morgan fingerprint density at radius 2 is 1.72 bits per heavy atom. The third kappa shape index (κ3) is 4.93. The lowest BCUT2D eigenvalue weighted by Gasteiger charge is -2.10. The molecule has 0 heterocycles. The Hall–Kier alpha value is -3.61. The topological polar surface area (TPSA) is 110 Å². The lowest BCUT2D eigenvalue weighted by Crippen LogP contribution is -2.12. The molecule has 2 aromatic carbocycles. The molecule has 0 fully saturated rings. The molecule has 0 spiro atoms. The summed E-state index contributed by atoms with van der Waals surface area (Å²) in [6, 6.07) is 10.1. The summed E-state index contributed by atoms with van der Waals surface area (Å²) in [5.74, 6) is -2.95. The SMILES string of the molecule is CC(=O)Oc1ccccc1C(=O)Oc1ccc(/C=C/C(=O)O)cc1O. The fraction of sp³-hybridized carbons (Fsp3) is 0.0556. The average molecular weight is 342 g/mol. The molecule has 0 amide bonds. The first-order valence-electron chi connectivity index (χ1n) is 7.10. The Morgan fingerprint density at radius 3 is 2.36 bits per heavy atom. The number of aliphatic carboxylic acids is 1. The molecule has 0 saturated carbocycles. The number of aromatic hydroxyl groups is 1. The number of ether oxygens (including phenoxy) is 2. The van der Waals surface area contributed by atoms with E-state index in [9.17, 15) is 19.5 Å². The number of phenols is 1. The smallest absolute Gasteiger partial charge is 0.347 e. The number of carbonyl (C=O) groups is 3. The van der Waals surface area contributed by atoms with Gasteiger partial charge in [-0.3, -0.25) is 4.79 Å². The molecule has 0 aliphatic heterocycles. The highest BCUT2D eigenvalue weighted by molar-refractivity contribution is 5.95. The second kappa shape index (κ2) is 7.78. The summed E-state index contributed by atoms with van der Waals surface area (Å²) in [6.45, 7) is 1.21. The minimum absolute atomic E-state index is 0.0203. The van der Waals surface area contributed by atoms with E-state index in [1.807, 2.05) is 0 Å². The van der Waals surface area contributed by atoms with Gasteiger partial charge in [-0.2, -0.15) is 0 Å². The van der Waals surface area contributed by atoms with Gasteiger partial charge in [0, 0.05) is 13.0 Å². The zero-order valence-corrected chi connectivity index (χ0v) is 13.1. The predicted octanol–water partition coefficient (Wildman–Crippen LogP) is 2.63. The number of carboxylic acid groups (broad SMARTS) is 1. The van der Waals surface area contributed by atoms with Gasteiger partial charge in [0.15, 0.2) is 11.5 Å². The largest absolute Gasteiger partial charge is 0.504 e. The number of para-hydroxylation sites is 1. The summed E-state index contributed by atoms with van der Waals surface area (Å²) in [5.41, 5.74) is 0.437. The molecule has 0 unspecified atom stereocenters. The number of hydrogen-bond donors (Lipinski definition) is 2. The van der Waals surface area contributed by atoms with Crippen LogP contribution < -0.4 is 9.47 Å². The highest BCUT2D eigenvalue weighted by Crippen LogP contribution is 2.29. The molecule has 0 radical (unpaired) electrons. The molecule has 0 saturated heterocycles. The molecular weight excluding hydrogens is 328 g/mol. The second-order valence-corrected chi connectivity index (χ2v) is 4.88. The van der Waals surface area contributed by atoms with Crippen LogP contribution in [0.4, 0.5) is 0 Å². The van der Waals surface area contributed by atoms with E-state index in [0.29, 0.717) is 5.56 Å². The van der Waals surface area contributed by atoms with Crippen molar-refractivity contribution in [2.75, 3.05) is 0 Å². The highest BCUT2D eigenvalue weighted by atomic mass is 16.6. The molecular formula is C18H14O7. The fourth-order valence-corrected chi connectivity index (χ4v) is 1.93. The molecule has 2 aromatic rings. The number of phenolic OH excluding ortho intramolecular Hbond substituents is 1. The standard InChI is InChI=1S/C18H14O7/c1-11(19)24-15-5-3-2-4-13(15)18(23)25-16-8-6-12(10-14(16)20)7-9-17(21)22/h2-10,20H,1H3,(H,21,22)/b9-7+. The Kier molecular flexibility index (Phi) is 5.52. The zero-order valence-electron chi connectivity index (χ0n) is 13.1. The van der Waals surface area contributed by atoms with Crippen molar-refractivity contribution in [3.8, 4) is 17.2 Å². The van der Waals surface area contributed by atoms with E-state index in [4.69, 9.17) is 14.6 Å².